The second kappa shape index (κ2) is 9.59. The van der Waals surface area contributed by atoms with Gasteiger partial charge in [-0.15, -0.1) is 0 Å². The van der Waals surface area contributed by atoms with Crippen LogP contribution in [0.2, 0.25) is 0 Å². The molecule has 2 aromatic heterocycles. The second-order valence-electron chi connectivity index (χ2n) is 7.38. The number of aromatic nitrogens is 3. The average Bonchev–Trinajstić information content (AvgIpc) is 3.17. The van der Waals surface area contributed by atoms with Crippen molar-refractivity contribution in [1.29, 1.82) is 0 Å². The van der Waals surface area contributed by atoms with Crippen LogP contribution in [-0.2, 0) is 4.74 Å². The van der Waals surface area contributed by atoms with Gasteiger partial charge in [-0.1, -0.05) is 6.07 Å². The zero-order valence-corrected chi connectivity index (χ0v) is 17.8. The van der Waals surface area contributed by atoms with Gasteiger partial charge >= 0.3 is 5.97 Å². The number of hydrogen-bond acceptors (Lipinski definition) is 6. The lowest BCUT2D eigenvalue weighted by atomic mass is 10.2. The van der Waals surface area contributed by atoms with Crippen LogP contribution in [0.15, 0.2) is 54.9 Å². The van der Waals surface area contributed by atoms with Crippen molar-refractivity contribution in [3.63, 3.8) is 0 Å². The van der Waals surface area contributed by atoms with E-state index in [-0.39, 0.29) is 11.7 Å². The van der Waals surface area contributed by atoms with Crippen LogP contribution in [0.5, 0.6) is 0 Å². The van der Waals surface area contributed by atoms with Gasteiger partial charge in [-0.3, -0.25) is 4.79 Å². The highest BCUT2D eigenvalue weighted by atomic mass is 19.1. The molecule has 0 spiro atoms. The number of amides is 1. The lowest BCUT2D eigenvalue weighted by molar-refractivity contribution is 0.0525. The van der Waals surface area contributed by atoms with Crippen molar-refractivity contribution in [3.8, 4) is 5.69 Å². The topological polar surface area (TPSA) is 80.6 Å². The van der Waals surface area contributed by atoms with Crippen LogP contribution in [0.1, 0.15) is 34.2 Å². The summed E-state index contributed by atoms with van der Waals surface area (Å²) in [5.41, 5.74) is 1.29. The summed E-state index contributed by atoms with van der Waals surface area (Å²) in [5, 5.41) is 4.33. The molecule has 4 rings (SSSR count). The predicted molar refractivity (Wildman–Crippen MR) is 116 cm³/mol. The maximum atomic E-state index is 13.5. The molecule has 3 aromatic rings. The molecule has 0 atom stereocenters. The first-order valence-corrected chi connectivity index (χ1v) is 10.5. The summed E-state index contributed by atoms with van der Waals surface area (Å²) in [4.78, 5) is 33.0. The monoisotopic (exact) mass is 437 g/mol. The molecule has 0 unspecified atom stereocenters. The fourth-order valence-corrected chi connectivity index (χ4v) is 3.62. The number of pyridine rings is 1. The minimum Gasteiger partial charge on any atom is -0.462 e. The highest BCUT2D eigenvalue weighted by Gasteiger charge is 2.23. The molecule has 1 aliphatic heterocycles. The summed E-state index contributed by atoms with van der Waals surface area (Å²) in [5.74, 6) is -0.158. The van der Waals surface area contributed by atoms with Crippen molar-refractivity contribution in [2.24, 2.45) is 0 Å². The fraction of sp³-hybridized carbons (Fsp3) is 0.304. The van der Waals surface area contributed by atoms with E-state index < -0.39 is 5.97 Å². The molecule has 0 bridgehead atoms. The Morgan fingerprint density at radius 3 is 2.72 bits per heavy atom. The summed E-state index contributed by atoms with van der Waals surface area (Å²) in [7, 11) is 0. The molecule has 32 heavy (non-hydrogen) atoms. The van der Waals surface area contributed by atoms with E-state index in [9.17, 15) is 14.0 Å². The SMILES string of the molecule is CCOC(=O)c1ccc(N2CCCN(C(=O)c3ccn(-c4cccc(F)c4)n3)CC2)nc1. The van der Waals surface area contributed by atoms with Crippen molar-refractivity contribution < 1.29 is 18.7 Å². The Hall–Kier alpha value is -3.75. The predicted octanol–water partition coefficient (Wildman–Crippen LogP) is 2.94. The van der Waals surface area contributed by atoms with Crippen molar-refractivity contribution in [2.75, 3.05) is 37.7 Å². The minimum atomic E-state index is -0.392. The fourth-order valence-electron chi connectivity index (χ4n) is 3.62. The average molecular weight is 437 g/mol. The summed E-state index contributed by atoms with van der Waals surface area (Å²) in [6, 6.07) is 11.2. The lowest BCUT2D eigenvalue weighted by Crippen LogP contribution is -2.35. The number of esters is 1. The number of benzene rings is 1. The van der Waals surface area contributed by atoms with Gasteiger partial charge < -0.3 is 14.5 Å². The number of hydrogen-bond donors (Lipinski definition) is 0. The van der Waals surface area contributed by atoms with E-state index in [0.29, 0.717) is 43.2 Å². The van der Waals surface area contributed by atoms with Crippen LogP contribution < -0.4 is 4.90 Å². The van der Waals surface area contributed by atoms with E-state index >= 15 is 0 Å². The Morgan fingerprint density at radius 1 is 1.09 bits per heavy atom. The van der Waals surface area contributed by atoms with Crippen LogP contribution in [0, 0.1) is 5.82 Å². The number of nitrogens with zero attached hydrogens (tertiary/aromatic N) is 5. The first-order chi connectivity index (χ1) is 15.5. The normalized spacial score (nSPS) is 14.2. The van der Waals surface area contributed by atoms with E-state index in [2.05, 4.69) is 15.0 Å². The summed E-state index contributed by atoms with van der Waals surface area (Å²) in [6.07, 6.45) is 3.94. The third-order valence-electron chi connectivity index (χ3n) is 5.25. The zero-order valence-electron chi connectivity index (χ0n) is 17.8. The lowest BCUT2D eigenvalue weighted by Gasteiger charge is -2.22. The highest BCUT2D eigenvalue weighted by Crippen LogP contribution is 2.17. The largest absolute Gasteiger partial charge is 0.462 e. The van der Waals surface area contributed by atoms with Gasteiger partial charge in [-0.25, -0.2) is 18.9 Å². The number of rotatable bonds is 5. The van der Waals surface area contributed by atoms with E-state index in [1.165, 1.54) is 23.0 Å². The molecule has 1 aliphatic rings. The molecule has 0 aliphatic carbocycles. The molecule has 9 heteroatoms. The molecule has 0 radical (unpaired) electrons. The summed E-state index contributed by atoms with van der Waals surface area (Å²) < 4.78 is 20.0. The van der Waals surface area contributed by atoms with Crippen LogP contribution in [-0.4, -0.2) is 64.3 Å². The molecule has 1 amide bonds. The molecule has 0 N–H and O–H groups in total. The first-order valence-electron chi connectivity index (χ1n) is 10.5. The Bertz CT molecular complexity index is 1100. The molecule has 1 fully saturated rings. The molecule has 0 saturated carbocycles. The molecule has 1 saturated heterocycles. The smallest absolute Gasteiger partial charge is 0.339 e. The van der Waals surface area contributed by atoms with Crippen LogP contribution in [0.3, 0.4) is 0 Å². The Labute approximate surface area is 185 Å². The van der Waals surface area contributed by atoms with Gasteiger partial charge in [0.25, 0.3) is 5.91 Å². The number of carbonyl (C=O) groups is 2. The molecule has 166 valence electrons. The van der Waals surface area contributed by atoms with Gasteiger partial charge in [-0.05, 0) is 49.7 Å². The number of halogens is 1. The standard InChI is InChI=1S/C23H24FN5O3/c1-2-32-23(31)17-7-8-21(25-16-17)27-10-4-11-28(14-13-27)22(30)20-9-12-29(26-20)19-6-3-5-18(24)15-19/h3,5-9,12,15-16H,2,4,10-11,13-14H2,1H3. The maximum absolute atomic E-state index is 13.5. The van der Waals surface area contributed by atoms with Gasteiger partial charge in [0.15, 0.2) is 5.69 Å². The number of anilines is 1. The molecule has 1 aromatic carbocycles. The maximum Gasteiger partial charge on any atom is 0.339 e. The van der Waals surface area contributed by atoms with Gasteiger partial charge in [0.05, 0.1) is 17.9 Å². The Balaban J connectivity index is 1.40. The number of carbonyl (C=O) groups excluding carboxylic acids is 2. The number of ether oxygens (including phenoxy) is 1. The van der Waals surface area contributed by atoms with Crippen molar-refractivity contribution in [2.45, 2.75) is 13.3 Å². The van der Waals surface area contributed by atoms with Crippen LogP contribution in [0.25, 0.3) is 5.69 Å². The van der Waals surface area contributed by atoms with Gasteiger partial charge in [-0.2, -0.15) is 5.10 Å². The van der Waals surface area contributed by atoms with Gasteiger partial charge in [0.2, 0.25) is 0 Å². The van der Waals surface area contributed by atoms with Crippen molar-refractivity contribution in [1.82, 2.24) is 19.7 Å². The second-order valence-corrected chi connectivity index (χ2v) is 7.38. The van der Waals surface area contributed by atoms with E-state index in [1.807, 2.05) is 0 Å². The summed E-state index contributed by atoms with van der Waals surface area (Å²) in [6.45, 7) is 4.55. The van der Waals surface area contributed by atoms with Crippen molar-refractivity contribution >= 4 is 17.7 Å². The van der Waals surface area contributed by atoms with Crippen LogP contribution >= 0.6 is 0 Å². The zero-order chi connectivity index (χ0) is 22.5. The van der Waals surface area contributed by atoms with E-state index in [1.54, 1.807) is 48.4 Å². The molecule has 8 nitrogen and oxygen atoms in total. The Kier molecular flexibility index (Phi) is 6.44. The van der Waals surface area contributed by atoms with Crippen molar-refractivity contribution in [3.05, 3.63) is 71.9 Å². The van der Waals surface area contributed by atoms with Gasteiger partial charge in [0.1, 0.15) is 11.6 Å². The summed E-state index contributed by atoms with van der Waals surface area (Å²) >= 11 is 0. The van der Waals surface area contributed by atoms with Crippen LogP contribution in [0.4, 0.5) is 10.2 Å². The van der Waals surface area contributed by atoms with Gasteiger partial charge in [0, 0.05) is 38.6 Å². The molecular formula is C23H24FN5O3. The highest BCUT2D eigenvalue weighted by molar-refractivity contribution is 5.92. The molecule has 3 heterocycles. The van der Waals surface area contributed by atoms with E-state index in [0.717, 1.165) is 18.8 Å². The quantitative estimate of drug-likeness (QED) is 0.571. The molecular weight excluding hydrogens is 413 g/mol. The van der Waals surface area contributed by atoms with E-state index in [4.69, 9.17) is 4.74 Å². The third kappa shape index (κ3) is 4.77. The third-order valence-corrected chi connectivity index (χ3v) is 5.25. The first kappa shape index (κ1) is 21.5. The minimum absolute atomic E-state index is 0.160. The Morgan fingerprint density at radius 2 is 1.97 bits per heavy atom.